The topological polar surface area (TPSA) is 88.9 Å². The molecule has 52 valence electrons. The number of nitro groups is 1. The SMILES string of the molecule is O=c1[nH]nccc1[N+](=O)[O-]. The molecule has 0 saturated heterocycles. The van der Waals surface area contributed by atoms with Crippen molar-refractivity contribution in [2.24, 2.45) is 0 Å². The minimum Gasteiger partial charge on any atom is -0.260 e. The number of nitrogens with zero attached hydrogens (tertiary/aromatic N) is 2. The molecule has 1 N–H and O–H groups in total. The highest BCUT2D eigenvalue weighted by molar-refractivity contribution is 5.21. The Morgan fingerprint density at radius 3 is 2.80 bits per heavy atom. The highest BCUT2D eigenvalue weighted by atomic mass is 16.6. The first-order valence-electron chi connectivity index (χ1n) is 2.40. The average Bonchev–Trinajstić information content (AvgIpc) is 1.88. The molecule has 0 radical (unpaired) electrons. The number of aromatic amines is 1. The van der Waals surface area contributed by atoms with Crippen LogP contribution >= 0.6 is 0 Å². The Kier molecular flexibility index (Phi) is 1.44. The van der Waals surface area contributed by atoms with E-state index in [1.807, 2.05) is 5.10 Å². The van der Waals surface area contributed by atoms with Crippen LogP contribution in [0.15, 0.2) is 17.1 Å². The molecule has 6 heteroatoms. The summed E-state index contributed by atoms with van der Waals surface area (Å²) in [6.45, 7) is 0. The molecule has 6 nitrogen and oxygen atoms in total. The van der Waals surface area contributed by atoms with Gasteiger partial charge in [-0.05, 0) is 0 Å². The maximum absolute atomic E-state index is 10.5. The van der Waals surface area contributed by atoms with Crippen LogP contribution in [0.1, 0.15) is 0 Å². The lowest BCUT2D eigenvalue weighted by atomic mass is 10.5. The largest absolute Gasteiger partial charge is 0.342 e. The number of hydrogen-bond donors (Lipinski definition) is 1. The third kappa shape index (κ3) is 0.993. The number of rotatable bonds is 1. The van der Waals surface area contributed by atoms with Crippen molar-refractivity contribution in [3.05, 3.63) is 32.7 Å². The van der Waals surface area contributed by atoms with Crippen molar-refractivity contribution in [2.45, 2.75) is 0 Å². The van der Waals surface area contributed by atoms with Gasteiger partial charge in [-0.1, -0.05) is 0 Å². The molecule has 0 amide bonds. The first-order valence-corrected chi connectivity index (χ1v) is 2.40. The van der Waals surface area contributed by atoms with E-state index in [0.29, 0.717) is 0 Å². The summed E-state index contributed by atoms with van der Waals surface area (Å²) in [6, 6.07) is 1.04. The van der Waals surface area contributed by atoms with Crippen molar-refractivity contribution in [3.8, 4) is 0 Å². The van der Waals surface area contributed by atoms with Gasteiger partial charge in [-0.3, -0.25) is 14.9 Å². The molecular formula is C4H3N3O3. The quantitative estimate of drug-likeness (QED) is 0.428. The first-order chi connectivity index (χ1) is 4.72. The Labute approximate surface area is 54.7 Å². The fourth-order valence-corrected chi connectivity index (χ4v) is 0.480. The fraction of sp³-hybridized carbons (Fsp3) is 0. The standard InChI is InChI=1S/C4H3N3O3/c8-4-3(7(9)10)1-2-5-6-4/h1-2H,(H,6,8). The van der Waals surface area contributed by atoms with Gasteiger partial charge in [-0.15, -0.1) is 0 Å². The maximum Gasteiger partial charge on any atom is 0.342 e. The van der Waals surface area contributed by atoms with E-state index in [4.69, 9.17) is 0 Å². The fourth-order valence-electron chi connectivity index (χ4n) is 0.480. The third-order valence-corrected chi connectivity index (χ3v) is 0.902. The van der Waals surface area contributed by atoms with Crippen molar-refractivity contribution in [3.63, 3.8) is 0 Å². The second-order valence-electron chi connectivity index (χ2n) is 1.53. The summed E-state index contributed by atoms with van der Waals surface area (Å²) in [7, 11) is 0. The first kappa shape index (κ1) is 6.40. The van der Waals surface area contributed by atoms with Crippen molar-refractivity contribution in [1.29, 1.82) is 0 Å². The molecule has 0 spiro atoms. The summed E-state index contributed by atoms with van der Waals surface area (Å²) in [4.78, 5) is 19.7. The molecule has 1 heterocycles. The molecule has 0 aliphatic rings. The van der Waals surface area contributed by atoms with Crippen LogP contribution in [0, 0.1) is 10.1 Å². The smallest absolute Gasteiger partial charge is 0.260 e. The minimum atomic E-state index is -0.785. The lowest BCUT2D eigenvalue weighted by molar-refractivity contribution is -0.386. The predicted molar refractivity (Wildman–Crippen MR) is 31.5 cm³/mol. The van der Waals surface area contributed by atoms with Gasteiger partial charge in [0.1, 0.15) is 0 Å². The van der Waals surface area contributed by atoms with Crippen molar-refractivity contribution in [2.75, 3.05) is 0 Å². The number of aromatic nitrogens is 2. The summed E-state index contributed by atoms with van der Waals surface area (Å²) in [5.74, 6) is 0. The van der Waals surface area contributed by atoms with Gasteiger partial charge < -0.3 is 0 Å². The van der Waals surface area contributed by atoms with Crippen LogP contribution < -0.4 is 5.56 Å². The predicted octanol–water partition coefficient (Wildman–Crippen LogP) is -0.322. The molecule has 0 unspecified atom stereocenters. The molecule has 0 fully saturated rings. The molecule has 0 aliphatic carbocycles. The van der Waals surface area contributed by atoms with Gasteiger partial charge in [0.25, 0.3) is 0 Å². The van der Waals surface area contributed by atoms with E-state index >= 15 is 0 Å². The van der Waals surface area contributed by atoms with E-state index in [1.54, 1.807) is 0 Å². The Bertz CT molecular complexity index is 305. The van der Waals surface area contributed by atoms with Crippen molar-refractivity contribution < 1.29 is 4.92 Å². The Hall–Kier alpha value is -1.72. The summed E-state index contributed by atoms with van der Waals surface area (Å²) >= 11 is 0. The van der Waals surface area contributed by atoms with Gasteiger partial charge in [0.2, 0.25) is 0 Å². The van der Waals surface area contributed by atoms with E-state index in [1.165, 1.54) is 0 Å². The van der Waals surface area contributed by atoms with Crippen LogP contribution in [0.4, 0.5) is 5.69 Å². The van der Waals surface area contributed by atoms with Crippen LogP contribution in [0.3, 0.4) is 0 Å². The van der Waals surface area contributed by atoms with Gasteiger partial charge >= 0.3 is 11.2 Å². The minimum absolute atomic E-state index is 0.491. The molecule has 0 atom stereocenters. The molecule has 1 aromatic heterocycles. The van der Waals surface area contributed by atoms with Gasteiger partial charge in [-0.25, -0.2) is 5.10 Å². The van der Waals surface area contributed by atoms with E-state index in [0.717, 1.165) is 12.3 Å². The van der Waals surface area contributed by atoms with Gasteiger partial charge in [0.05, 0.1) is 11.1 Å². The van der Waals surface area contributed by atoms with E-state index in [9.17, 15) is 14.9 Å². The average molecular weight is 141 g/mol. The van der Waals surface area contributed by atoms with E-state index in [-0.39, 0.29) is 0 Å². The number of hydrogen-bond acceptors (Lipinski definition) is 4. The van der Waals surface area contributed by atoms with Crippen LogP contribution in [-0.2, 0) is 0 Å². The Morgan fingerprint density at radius 1 is 1.70 bits per heavy atom. The zero-order valence-corrected chi connectivity index (χ0v) is 4.77. The van der Waals surface area contributed by atoms with Crippen molar-refractivity contribution in [1.82, 2.24) is 10.2 Å². The zero-order chi connectivity index (χ0) is 7.56. The second kappa shape index (κ2) is 2.26. The molecule has 1 rings (SSSR count). The maximum atomic E-state index is 10.5. The highest BCUT2D eigenvalue weighted by Crippen LogP contribution is 1.96. The monoisotopic (exact) mass is 141 g/mol. The molecule has 0 aliphatic heterocycles. The highest BCUT2D eigenvalue weighted by Gasteiger charge is 2.08. The Morgan fingerprint density at radius 2 is 2.40 bits per heavy atom. The van der Waals surface area contributed by atoms with Crippen LogP contribution in [0.5, 0.6) is 0 Å². The Balaban J connectivity index is 3.29. The summed E-state index contributed by atoms with van der Waals surface area (Å²) in [6.07, 6.45) is 1.15. The molecule has 10 heavy (non-hydrogen) atoms. The number of nitrogens with one attached hydrogen (secondary N) is 1. The normalized spacial score (nSPS) is 9.20. The van der Waals surface area contributed by atoms with E-state index in [2.05, 4.69) is 5.10 Å². The summed E-state index contributed by atoms with van der Waals surface area (Å²) in [5, 5.41) is 15.2. The second-order valence-corrected chi connectivity index (χ2v) is 1.53. The van der Waals surface area contributed by atoms with Gasteiger partial charge in [0, 0.05) is 6.07 Å². The molecule has 0 bridgehead atoms. The number of H-pyrrole nitrogens is 1. The van der Waals surface area contributed by atoms with Gasteiger partial charge in [0.15, 0.2) is 0 Å². The molecule has 0 aromatic carbocycles. The molecule has 1 aromatic rings. The molecule has 0 saturated carbocycles. The van der Waals surface area contributed by atoms with Crippen molar-refractivity contribution >= 4 is 5.69 Å². The van der Waals surface area contributed by atoms with Crippen LogP contribution in [0.2, 0.25) is 0 Å². The van der Waals surface area contributed by atoms with Crippen LogP contribution in [-0.4, -0.2) is 15.1 Å². The lowest BCUT2D eigenvalue weighted by Crippen LogP contribution is -2.11. The summed E-state index contributed by atoms with van der Waals surface area (Å²) in [5.41, 5.74) is -1.28. The molecular weight excluding hydrogens is 138 g/mol. The summed E-state index contributed by atoms with van der Waals surface area (Å²) < 4.78 is 0. The third-order valence-electron chi connectivity index (χ3n) is 0.902. The lowest BCUT2D eigenvalue weighted by Gasteiger charge is -1.84. The van der Waals surface area contributed by atoms with Crippen LogP contribution in [0.25, 0.3) is 0 Å². The van der Waals surface area contributed by atoms with E-state index < -0.39 is 16.2 Å². The zero-order valence-electron chi connectivity index (χ0n) is 4.77. The van der Waals surface area contributed by atoms with Gasteiger partial charge in [-0.2, -0.15) is 5.10 Å².